The summed E-state index contributed by atoms with van der Waals surface area (Å²) in [5, 5.41) is 10.3. The average Bonchev–Trinajstić information content (AvgIpc) is 2.93. The number of benzene rings is 1. The number of nitrogens with two attached hydrogens (primary N) is 1. The van der Waals surface area contributed by atoms with Crippen LogP contribution in [-0.2, 0) is 0 Å². The van der Waals surface area contributed by atoms with E-state index in [4.69, 9.17) is 10.3 Å². The molecule has 0 radical (unpaired) electrons. The lowest BCUT2D eigenvalue weighted by atomic mass is 10.0. The molecule has 102 valence electrons. The van der Waals surface area contributed by atoms with E-state index in [1.165, 1.54) is 18.3 Å². The minimum atomic E-state index is -0.699. The third-order valence-electron chi connectivity index (χ3n) is 2.94. The zero-order valence-corrected chi connectivity index (χ0v) is 10.4. The number of halogens is 2. The lowest BCUT2D eigenvalue weighted by Crippen LogP contribution is -1.91. The van der Waals surface area contributed by atoms with Crippen molar-refractivity contribution in [2.75, 3.05) is 5.73 Å². The largest absolute Gasteiger partial charge is 0.380 e. The van der Waals surface area contributed by atoms with E-state index in [1.54, 1.807) is 6.92 Å². The molecular formula is C13H10F2N4O. The monoisotopic (exact) mass is 276 g/mol. The highest BCUT2D eigenvalue weighted by molar-refractivity contribution is 5.86. The zero-order chi connectivity index (χ0) is 14.3. The van der Waals surface area contributed by atoms with Crippen LogP contribution in [0.3, 0.4) is 0 Å². The molecule has 2 aromatic heterocycles. The molecule has 0 saturated heterocycles. The second-order valence-corrected chi connectivity index (χ2v) is 4.34. The number of nitrogens with zero attached hydrogens (tertiary/aromatic N) is 2. The first-order chi connectivity index (χ1) is 9.56. The molecular weight excluding hydrogens is 266 g/mol. The smallest absolute Gasteiger partial charge is 0.180 e. The standard InChI is InChI=1S/C13H10F2N4O/c1-6-10(5-17-18-6)12-11(13(16)19-20-12)7-2-8(14)4-9(15)3-7/h2-5H,1H3,(H2,16,19)(H,17,18). The molecule has 5 nitrogen and oxygen atoms in total. The number of hydrogen-bond acceptors (Lipinski definition) is 4. The van der Waals surface area contributed by atoms with E-state index >= 15 is 0 Å². The van der Waals surface area contributed by atoms with E-state index < -0.39 is 11.6 Å². The van der Waals surface area contributed by atoms with Crippen molar-refractivity contribution in [2.24, 2.45) is 0 Å². The molecule has 2 heterocycles. The van der Waals surface area contributed by atoms with Gasteiger partial charge in [-0.25, -0.2) is 8.78 Å². The Balaban J connectivity index is 2.24. The third-order valence-corrected chi connectivity index (χ3v) is 2.94. The van der Waals surface area contributed by atoms with E-state index in [9.17, 15) is 8.78 Å². The third kappa shape index (κ3) is 1.93. The molecule has 0 fully saturated rings. The highest BCUT2D eigenvalue weighted by Crippen LogP contribution is 2.37. The number of aromatic nitrogens is 3. The van der Waals surface area contributed by atoms with E-state index in [0.29, 0.717) is 16.9 Å². The van der Waals surface area contributed by atoms with Gasteiger partial charge in [0.2, 0.25) is 0 Å². The highest BCUT2D eigenvalue weighted by Gasteiger charge is 2.21. The van der Waals surface area contributed by atoms with Gasteiger partial charge in [0, 0.05) is 11.8 Å². The lowest BCUT2D eigenvalue weighted by molar-refractivity contribution is 0.436. The minimum absolute atomic E-state index is 0.0607. The van der Waals surface area contributed by atoms with Gasteiger partial charge in [-0.2, -0.15) is 5.10 Å². The molecule has 0 amide bonds. The number of H-pyrrole nitrogens is 1. The molecule has 0 atom stereocenters. The van der Waals surface area contributed by atoms with Crippen LogP contribution in [0.5, 0.6) is 0 Å². The van der Waals surface area contributed by atoms with E-state index in [2.05, 4.69) is 15.4 Å². The molecule has 1 aromatic carbocycles. The maximum atomic E-state index is 13.4. The fourth-order valence-electron chi connectivity index (χ4n) is 2.04. The van der Waals surface area contributed by atoms with Gasteiger partial charge in [-0.15, -0.1) is 0 Å². The number of anilines is 1. The first-order valence-electron chi connectivity index (χ1n) is 5.78. The summed E-state index contributed by atoms with van der Waals surface area (Å²) < 4.78 is 31.9. The lowest BCUT2D eigenvalue weighted by Gasteiger charge is -2.03. The normalized spacial score (nSPS) is 10.9. The molecule has 3 N–H and O–H groups in total. The predicted octanol–water partition coefficient (Wildman–Crippen LogP) is 2.90. The van der Waals surface area contributed by atoms with Crippen molar-refractivity contribution in [1.82, 2.24) is 15.4 Å². The van der Waals surface area contributed by atoms with Crippen LogP contribution in [0.15, 0.2) is 28.9 Å². The van der Waals surface area contributed by atoms with E-state index in [0.717, 1.165) is 11.8 Å². The fraction of sp³-hybridized carbons (Fsp3) is 0.0769. The Hall–Kier alpha value is -2.70. The van der Waals surface area contributed by atoms with Gasteiger partial charge in [0.15, 0.2) is 11.6 Å². The SMILES string of the molecule is Cc1[nH]ncc1-c1onc(N)c1-c1cc(F)cc(F)c1. The summed E-state index contributed by atoms with van der Waals surface area (Å²) in [6.07, 6.45) is 1.54. The molecule has 0 saturated carbocycles. The fourth-order valence-corrected chi connectivity index (χ4v) is 2.04. The zero-order valence-electron chi connectivity index (χ0n) is 10.4. The Morgan fingerprint density at radius 1 is 1.20 bits per heavy atom. The second kappa shape index (κ2) is 4.44. The minimum Gasteiger partial charge on any atom is -0.380 e. The number of hydrogen-bond donors (Lipinski definition) is 2. The molecule has 20 heavy (non-hydrogen) atoms. The van der Waals surface area contributed by atoms with Gasteiger partial charge in [-0.1, -0.05) is 5.16 Å². The van der Waals surface area contributed by atoms with Crippen LogP contribution in [0, 0.1) is 18.6 Å². The van der Waals surface area contributed by atoms with Gasteiger partial charge in [0.1, 0.15) is 11.6 Å². The predicted molar refractivity (Wildman–Crippen MR) is 68.6 cm³/mol. The summed E-state index contributed by atoms with van der Waals surface area (Å²) in [7, 11) is 0. The molecule has 3 aromatic rings. The molecule has 0 spiro atoms. The quantitative estimate of drug-likeness (QED) is 0.754. The maximum Gasteiger partial charge on any atom is 0.180 e. The van der Waals surface area contributed by atoms with Crippen LogP contribution in [0.2, 0.25) is 0 Å². The molecule has 0 unspecified atom stereocenters. The van der Waals surface area contributed by atoms with Gasteiger partial charge >= 0.3 is 0 Å². The van der Waals surface area contributed by atoms with E-state index in [1.807, 2.05) is 0 Å². The molecule has 3 rings (SSSR count). The van der Waals surface area contributed by atoms with Crippen LogP contribution in [0.4, 0.5) is 14.6 Å². The number of nitrogens with one attached hydrogen (secondary N) is 1. The van der Waals surface area contributed by atoms with Gasteiger partial charge in [0.25, 0.3) is 0 Å². The van der Waals surface area contributed by atoms with Crippen LogP contribution in [0.1, 0.15) is 5.69 Å². The number of nitrogen functional groups attached to an aromatic ring is 1. The van der Waals surface area contributed by atoms with Gasteiger partial charge in [-0.05, 0) is 24.6 Å². The van der Waals surface area contributed by atoms with E-state index in [-0.39, 0.29) is 11.4 Å². The Kier molecular flexibility index (Phi) is 2.74. The number of aryl methyl sites for hydroxylation is 1. The summed E-state index contributed by atoms with van der Waals surface area (Å²) in [5.41, 5.74) is 7.72. The van der Waals surface area contributed by atoms with Crippen molar-refractivity contribution in [2.45, 2.75) is 6.92 Å². The second-order valence-electron chi connectivity index (χ2n) is 4.34. The number of aromatic amines is 1. The summed E-state index contributed by atoms with van der Waals surface area (Å²) in [6.45, 7) is 1.79. The van der Waals surface area contributed by atoms with Gasteiger partial charge in [0.05, 0.1) is 17.3 Å². The summed E-state index contributed by atoms with van der Waals surface area (Å²) in [4.78, 5) is 0. The van der Waals surface area contributed by atoms with Crippen molar-refractivity contribution < 1.29 is 13.3 Å². The van der Waals surface area contributed by atoms with Crippen LogP contribution in [0.25, 0.3) is 22.5 Å². The number of rotatable bonds is 2. The Bertz CT molecular complexity index is 758. The maximum absolute atomic E-state index is 13.4. The Morgan fingerprint density at radius 2 is 1.90 bits per heavy atom. The van der Waals surface area contributed by atoms with Crippen molar-refractivity contribution in [3.05, 3.63) is 41.7 Å². The molecule has 0 bridgehead atoms. The van der Waals surface area contributed by atoms with Gasteiger partial charge < -0.3 is 10.3 Å². The topological polar surface area (TPSA) is 80.7 Å². The Labute approximate surface area is 112 Å². The molecule has 7 heteroatoms. The first kappa shape index (κ1) is 12.3. The summed E-state index contributed by atoms with van der Waals surface area (Å²) in [5.74, 6) is -1.02. The van der Waals surface area contributed by atoms with Crippen molar-refractivity contribution in [3.8, 4) is 22.5 Å². The van der Waals surface area contributed by atoms with Crippen LogP contribution in [-0.4, -0.2) is 15.4 Å². The van der Waals surface area contributed by atoms with Crippen molar-refractivity contribution in [1.29, 1.82) is 0 Å². The Morgan fingerprint density at radius 3 is 2.50 bits per heavy atom. The molecule has 0 aliphatic carbocycles. The summed E-state index contributed by atoms with van der Waals surface area (Å²) >= 11 is 0. The van der Waals surface area contributed by atoms with Gasteiger partial charge in [-0.3, -0.25) is 5.10 Å². The first-order valence-corrected chi connectivity index (χ1v) is 5.78. The van der Waals surface area contributed by atoms with Crippen molar-refractivity contribution >= 4 is 5.82 Å². The highest BCUT2D eigenvalue weighted by atomic mass is 19.1. The molecule has 0 aliphatic rings. The van der Waals surface area contributed by atoms with Crippen LogP contribution < -0.4 is 5.73 Å². The van der Waals surface area contributed by atoms with Crippen LogP contribution >= 0.6 is 0 Å². The molecule has 0 aliphatic heterocycles. The summed E-state index contributed by atoms with van der Waals surface area (Å²) in [6, 6.07) is 3.13. The van der Waals surface area contributed by atoms with Crippen molar-refractivity contribution in [3.63, 3.8) is 0 Å². The average molecular weight is 276 g/mol.